The van der Waals surface area contributed by atoms with E-state index in [-0.39, 0.29) is 18.0 Å². The summed E-state index contributed by atoms with van der Waals surface area (Å²) in [5.74, 6) is -1.73. The van der Waals surface area contributed by atoms with Crippen LogP contribution in [-0.2, 0) is 4.79 Å². The summed E-state index contributed by atoms with van der Waals surface area (Å²) in [7, 11) is 0. The smallest absolute Gasteiger partial charge is 0.248 e. The molecule has 6 nitrogen and oxygen atoms in total. The monoisotopic (exact) mass is 432 g/mol. The van der Waals surface area contributed by atoms with Crippen molar-refractivity contribution in [3.05, 3.63) is 69.5 Å². The Labute approximate surface area is 176 Å². The Morgan fingerprint density at radius 3 is 2.43 bits per heavy atom. The largest absolute Gasteiger partial charge is 0.369 e. The third-order valence-corrected chi connectivity index (χ3v) is 5.44. The minimum absolute atomic E-state index is 0.157. The maximum atomic E-state index is 13.7. The minimum Gasteiger partial charge on any atom is -0.369 e. The number of carbonyl (C=O) groups excluding carboxylic acids is 1. The van der Waals surface area contributed by atoms with Crippen LogP contribution in [0.2, 0.25) is 5.02 Å². The topological polar surface area (TPSA) is 68.4 Å². The van der Waals surface area contributed by atoms with E-state index < -0.39 is 16.7 Å². The van der Waals surface area contributed by atoms with Crippen LogP contribution < -0.4 is 15.8 Å². The summed E-state index contributed by atoms with van der Waals surface area (Å²) in [5, 5.41) is 3.18. The average molecular weight is 433 g/mol. The molecule has 0 spiro atoms. The molecule has 2 heterocycles. The quantitative estimate of drug-likeness (QED) is 0.621. The van der Waals surface area contributed by atoms with Crippen molar-refractivity contribution >= 4 is 39.8 Å². The van der Waals surface area contributed by atoms with Gasteiger partial charge in [-0.1, -0.05) is 11.6 Å². The number of carbonyl (C=O) groups is 1. The highest BCUT2D eigenvalue weighted by Gasteiger charge is 2.21. The molecule has 1 fully saturated rings. The van der Waals surface area contributed by atoms with Gasteiger partial charge in [-0.05, 0) is 36.4 Å². The summed E-state index contributed by atoms with van der Waals surface area (Å²) in [6.45, 7) is 2.45. The molecule has 9 heteroatoms. The summed E-state index contributed by atoms with van der Waals surface area (Å²) in [5.41, 5.74) is 1.60. The number of piperazine rings is 1. The molecule has 30 heavy (non-hydrogen) atoms. The second-order valence-electron chi connectivity index (χ2n) is 7.16. The Balaban J connectivity index is 1.33. The summed E-state index contributed by atoms with van der Waals surface area (Å²) in [6, 6.07) is 10.9. The third-order valence-electron chi connectivity index (χ3n) is 5.08. The molecule has 1 amide bonds. The summed E-state index contributed by atoms with van der Waals surface area (Å²) < 4.78 is 27.4. The molecule has 4 rings (SSSR count). The lowest BCUT2D eigenvalue weighted by molar-refractivity contribution is -0.117. The molecule has 2 N–H and O–H groups in total. The number of nitrogens with zero attached hydrogens (tertiary/aromatic N) is 2. The molecule has 1 saturated heterocycles. The first kappa shape index (κ1) is 20.3. The van der Waals surface area contributed by atoms with E-state index in [1.165, 1.54) is 18.2 Å². The second-order valence-corrected chi connectivity index (χ2v) is 7.54. The minimum atomic E-state index is -0.784. The van der Waals surface area contributed by atoms with Crippen LogP contribution in [0.15, 0.2) is 47.3 Å². The number of pyridine rings is 1. The van der Waals surface area contributed by atoms with E-state index >= 15 is 0 Å². The van der Waals surface area contributed by atoms with Gasteiger partial charge < -0.3 is 15.2 Å². The number of benzene rings is 2. The van der Waals surface area contributed by atoms with Crippen LogP contribution in [0.3, 0.4) is 0 Å². The number of aromatic amines is 1. The first-order valence-electron chi connectivity index (χ1n) is 9.44. The molecule has 1 aliphatic heterocycles. The number of rotatable bonds is 4. The molecule has 0 atom stereocenters. The predicted octanol–water partition coefficient (Wildman–Crippen LogP) is 3.22. The molecule has 156 valence electrons. The normalized spacial score (nSPS) is 14.8. The van der Waals surface area contributed by atoms with Gasteiger partial charge in [0, 0.05) is 54.5 Å². The number of H-pyrrole nitrogens is 1. The van der Waals surface area contributed by atoms with Gasteiger partial charge in [-0.15, -0.1) is 0 Å². The predicted molar refractivity (Wildman–Crippen MR) is 113 cm³/mol. The van der Waals surface area contributed by atoms with E-state index in [1.807, 2.05) is 9.80 Å². The molecule has 1 aliphatic rings. The van der Waals surface area contributed by atoms with Crippen LogP contribution in [0.1, 0.15) is 0 Å². The van der Waals surface area contributed by atoms with Gasteiger partial charge in [0.25, 0.3) is 0 Å². The van der Waals surface area contributed by atoms with Crippen molar-refractivity contribution in [2.75, 3.05) is 42.9 Å². The van der Waals surface area contributed by atoms with Crippen molar-refractivity contribution in [1.29, 1.82) is 0 Å². The lowest BCUT2D eigenvalue weighted by atomic mass is 10.2. The van der Waals surface area contributed by atoms with Crippen LogP contribution in [0.25, 0.3) is 10.9 Å². The Morgan fingerprint density at radius 2 is 1.73 bits per heavy atom. The molecule has 0 bridgehead atoms. The van der Waals surface area contributed by atoms with E-state index in [0.29, 0.717) is 43.1 Å². The average Bonchev–Trinajstić information content (AvgIpc) is 2.72. The number of fused-ring (bicyclic) bond motifs is 1. The highest BCUT2D eigenvalue weighted by Crippen LogP contribution is 2.26. The van der Waals surface area contributed by atoms with E-state index in [1.54, 1.807) is 24.3 Å². The number of anilines is 2. The van der Waals surface area contributed by atoms with Crippen molar-refractivity contribution in [3.8, 4) is 0 Å². The van der Waals surface area contributed by atoms with Crippen LogP contribution in [0.4, 0.5) is 20.2 Å². The maximum Gasteiger partial charge on any atom is 0.248 e. The van der Waals surface area contributed by atoms with Gasteiger partial charge in [-0.3, -0.25) is 14.5 Å². The molecule has 0 saturated carbocycles. The van der Waals surface area contributed by atoms with Gasteiger partial charge in [-0.2, -0.15) is 0 Å². The zero-order valence-corrected chi connectivity index (χ0v) is 16.7. The summed E-state index contributed by atoms with van der Waals surface area (Å²) in [6.07, 6.45) is 0. The van der Waals surface area contributed by atoms with Gasteiger partial charge in [0.15, 0.2) is 0 Å². The second kappa shape index (κ2) is 8.41. The van der Waals surface area contributed by atoms with E-state index in [9.17, 15) is 18.4 Å². The molecule has 0 radical (unpaired) electrons. The van der Waals surface area contributed by atoms with E-state index in [2.05, 4.69) is 10.3 Å². The van der Waals surface area contributed by atoms with Crippen LogP contribution >= 0.6 is 11.6 Å². The Bertz CT molecular complexity index is 1140. The van der Waals surface area contributed by atoms with Crippen molar-refractivity contribution in [2.45, 2.75) is 0 Å². The van der Waals surface area contributed by atoms with Gasteiger partial charge in [0.05, 0.1) is 6.54 Å². The fourth-order valence-electron chi connectivity index (χ4n) is 3.52. The zero-order valence-electron chi connectivity index (χ0n) is 15.9. The first-order valence-corrected chi connectivity index (χ1v) is 9.81. The lowest BCUT2D eigenvalue weighted by Gasteiger charge is -2.35. The number of hydrogen-bond donors (Lipinski definition) is 2. The maximum absolute atomic E-state index is 13.7. The van der Waals surface area contributed by atoms with Crippen LogP contribution in [-0.4, -0.2) is 48.5 Å². The zero-order chi connectivity index (χ0) is 21.3. The third kappa shape index (κ3) is 4.44. The Kier molecular flexibility index (Phi) is 5.69. The van der Waals surface area contributed by atoms with Crippen molar-refractivity contribution in [2.24, 2.45) is 0 Å². The fraction of sp³-hybridized carbons (Fsp3) is 0.238. The number of hydrogen-bond acceptors (Lipinski definition) is 4. The number of halogens is 3. The van der Waals surface area contributed by atoms with Gasteiger partial charge in [-0.25, -0.2) is 8.78 Å². The first-order chi connectivity index (χ1) is 14.4. The lowest BCUT2D eigenvalue weighted by Crippen LogP contribution is -2.48. The molecule has 2 aromatic carbocycles. The van der Waals surface area contributed by atoms with Gasteiger partial charge in [0.1, 0.15) is 16.7 Å². The van der Waals surface area contributed by atoms with Crippen molar-refractivity contribution in [1.82, 2.24) is 9.88 Å². The summed E-state index contributed by atoms with van der Waals surface area (Å²) in [4.78, 5) is 30.3. The molecule has 1 aromatic heterocycles. The van der Waals surface area contributed by atoms with Crippen molar-refractivity contribution < 1.29 is 13.6 Å². The van der Waals surface area contributed by atoms with Gasteiger partial charge in [0.2, 0.25) is 11.5 Å². The highest BCUT2D eigenvalue weighted by molar-refractivity contribution is 6.31. The van der Waals surface area contributed by atoms with Gasteiger partial charge >= 0.3 is 0 Å². The van der Waals surface area contributed by atoms with E-state index in [4.69, 9.17) is 11.6 Å². The standard InChI is InChI=1S/C21H19ClF2N4O2/c22-21-16(23)10-15(11-17(21)24)28-7-5-27(6-8-28)12-20(30)25-14-2-3-18-13(9-14)1-4-19(29)26-18/h1-4,9-11H,5-8,12H2,(H,25,30)(H,26,29). The van der Waals surface area contributed by atoms with E-state index in [0.717, 1.165) is 5.39 Å². The highest BCUT2D eigenvalue weighted by atomic mass is 35.5. The van der Waals surface area contributed by atoms with Crippen LogP contribution in [0, 0.1) is 11.6 Å². The summed E-state index contributed by atoms with van der Waals surface area (Å²) >= 11 is 5.54. The molecule has 0 unspecified atom stereocenters. The Morgan fingerprint density at radius 1 is 1.03 bits per heavy atom. The SMILES string of the molecule is O=C(CN1CCN(c2cc(F)c(Cl)c(F)c2)CC1)Nc1ccc2[nH]c(=O)ccc2c1. The molecule has 0 aliphatic carbocycles. The number of aromatic nitrogens is 1. The van der Waals surface area contributed by atoms with Crippen molar-refractivity contribution in [3.63, 3.8) is 0 Å². The molecular formula is C21H19ClF2N4O2. The van der Waals surface area contributed by atoms with Crippen LogP contribution in [0.5, 0.6) is 0 Å². The molecular weight excluding hydrogens is 414 g/mol. The molecule has 3 aromatic rings. The number of nitrogens with one attached hydrogen (secondary N) is 2. The Hall–Kier alpha value is -2.97. The fourth-order valence-corrected chi connectivity index (χ4v) is 3.63. The number of amides is 1.